The van der Waals surface area contributed by atoms with E-state index in [0.29, 0.717) is 12.1 Å². The van der Waals surface area contributed by atoms with Gasteiger partial charge >= 0.3 is 5.97 Å². The van der Waals surface area contributed by atoms with E-state index in [2.05, 4.69) is 0 Å². The molecule has 0 fully saturated rings. The topological polar surface area (TPSA) is 54.4 Å². The molecule has 18 heavy (non-hydrogen) atoms. The van der Waals surface area contributed by atoms with E-state index in [1.165, 1.54) is 6.92 Å². The van der Waals surface area contributed by atoms with Crippen LogP contribution in [0.1, 0.15) is 18.9 Å². The molecule has 0 aliphatic rings. The number of halogens is 3. The molecule has 0 spiro atoms. The number of ketones is 1. The van der Waals surface area contributed by atoms with Gasteiger partial charge in [-0.3, -0.25) is 4.79 Å². The third kappa shape index (κ3) is 2.97. The van der Waals surface area contributed by atoms with Crippen LogP contribution in [0, 0.1) is 17.5 Å². The average Bonchev–Trinajstić information content (AvgIpc) is 2.30. The van der Waals surface area contributed by atoms with Crippen LogP contribution in [0.25, 0.3) is 6.08 Å². The van der Waals surface area contributed by atoms with Crippen molar-refractivity contribution in [3.63, 3.8) is 0 Å². The minimum Gasteiger partial charge on any atom is -0.478 e. The Hall–Kier alpha value is -2.11. The molecule has 1 aromatic carbocycles. The summed E-state index contributed by atoms with van der Waals surface area (Å²) in [6.45, 7) is 1.43. The number of carbonyl (C=O) groups is 2. The minimum absolute atomic E-state index is 0.0938. The van der Waals surface area contributed by atoms with Crippen LogP contribution >= 0.6 is 0 Å². The van der Waals surface area contributed by atoms with Crippen molar-refractivity contribution in [1.82, 2.24) is 0 Å². The van der Waals surface area contributed by atoms with E-state index < -0.39 is 40.3 Å². The van der Waals surface area contributed by atoms with Crippen LogP contribution in [-0.4, -0.2) is 16.9 Å². The summed E-state index contributed by atoms with van der Waals surface area (Å²) in [6, 6.07) is 0.785. The van der Waals surface area contributed by atoms with Gasteiger partial charge in [0, 0.05) is 18.1 Å². The molecule has 0 amide bonds. The smallest absolute Gasteiger partial charge is 0.339 e. The summed E-state index contributed by atoms with van der Waals surface area (Å²) in [5.74, 6) is -6.13. The maximum atomic E-state index is 13.3. The van der Waals surface area contributed by atoms with Crippen LogP contribution in [-0.2, 0) is 9.59 Å². The van der Waals surface area contributed by atoms with Gasteiger partial charge in [0.15, 0.2) is 17.4 Å². The van der Waals surface area contributed by atoms with Gasteiger partial charge in [0.1, 0.15) is 11.4 Å². The van der Waals surface area contributed by atoms with Crippen LogP contribution in [0.3, 0.4) is 0 Å². The van der Waals surface area contributed by atoms with E-state index in [4.69, 9.17) is 5.11 Å². The number of Topliss-reactive ketones (excluding diaryl/α,β-unsaturated/α-hetero) is 1. The lowest BCUT2D eigenvalue weighted by Crippen LogP contribution is -2.11. The number of hydrogen-bond acceptors (Lipinski definition) is 2. The lowest BCUT2D eigenvalue weighted by Gasteiger charge is -2.02. The zero-order chi connectivity index (χ0) is 13.9. The summed E-state index contributed by atoms with van der Waals surface area (Å²) in [6.07, 6.45) is 0.593. The zero-order valence-corrected chi connectivity index (χ0v) is 9.34. The van der Waals surface area contributed by atoms with Crippen molar-refractivity contribution < 1.29 is 27.9 Å². The number of carboxylic acids is 1. The molecule has 1 aromatic rings. The molecule has 0 aliphatic carbocycles. The molecule has 0 saturated carbocycles. The summed E-state index contributed by atoms with van der Waals surface area (Å²) in [4.78, 5) is 22.1. The molecule has 0 bridgehead atoms. The molecule has 0 atom stereocenters. The Morgan fingerprint density at radius 2 is 1.72 bits per heavy atom. The first-order valence-electron chi connectivity index (χ1n) is 4.99. The first-order chi connectivity index (χ1) is 8.36. The van der Waals surface area contributed by atoms with Gasteiger partial charge in [-0.2, -0.15) is 0 Å². The van der Waals surface area contributed by atoms with Gasteiger partial charge in [-0.25, -0.2) is 18.0 Å². The predicted molar refractivity (Wildman–Crippen MR) is 57.2 cm³/mol. The van der Waals surface area contributed by atoms with Crippen molar-refractivity contribution >= 4 is 17.8 Å². The van der Waals surface area contributed by atoms with Gasteiger partial charge in [-0.15, -0.1) is 0 Å². The summed E-state index contributed by atoms with van der Waals surface area (Å²) < 4.78 is 38.8. The second-order valence-corrected chi connectivity index (χ2v) is 3.43. The number of carboxylic acid groups (broad SMARTS) is 1. The maximum absolute atomic E-state index is 13.3. The molecule has 0 saturated heterocycles. The molecule has 0 aromatic heterocycles. The van der Waals surface area contributed by atoms with Crippen molar-refractivity contribution in [2.45, 2.75) is 13.3 Å². The van der Waals surface area contributed by atoms with E-state index in [9.17, 15) is 22.8 Å². The van der Waals surface area contributed by atoms with E-state index >= 15 is 0 Å². The highest BCUT2D eigenvalue weighted by Crippen LogP contribution is 2.17. The third-order valence-corrected chi connectivity index (χ3v) is 2.19. The van der Waals surface area contributed by atoms with Gasteiger partial charge in [-0.05, 0) is 12.1 Å². The highest BCUT2D eigenvalue weighted by molar-refractivity contribution is 6.19. The van der Waals surface area contributed by atoms with Gasteiger partial charge in [-0.1, -0.05) is 6.92 Å². The first-order valence-corrected chi connectivity index (χ1v) is 4.99. The van der Waals surface area contributed by atoms with E-state index in [-0.39, 0.29) is 12.5 Å². The lowest BCUT2D eigenvalue weighted by molar-refractivity contribution is -0.134. The zero-order valence-electron chi connectivity index (χ0n) is 9.34. The molecule has 3 nitrogen and oxygen atoms in total. The summed E-state index contributed by atoms with van der Waals surface area (Å²) in [5.41, 5.74) is -1.17. The molecule has 6 heteroatoms. The van der Waals surface area contributed by atoms with Crippen molar-refractivity contribution in [3.05, 3.63) is 40.7 Å². The second kappa shape index (κ2) is 5.48. The van der Waals surface area contributed by atoms with Gasteiger partial charge in [0.2, 0.25) is 0 Å². The van der Waals surface area contributed by atoms with Crippen molar-refractivity contribution in [2.24, 2.45) is 0 Å². The monoisotopic (exact) mass is 258 g/mol. The molecule has 0 aliphatic heterocycles. The highest BCUT2D eigenvalue weighted by atomic mass is 19.2. The van der Waals surface area contributed by atoms with Crippen LogP contribution in [0.2, 0.25) is 0 Å². The molecule has 0 unspecified atom stereocenters. The van der Waals surface area contributed by atoms with Crippen LogP contribution in [0.15, 0.2) is 17.7 Å². The number of carbonyl (C=O) groups excluding carboxylic acids is 1. The van der Waals surface area contributed by atoms with Crippen LogP contribution in [0.5, 0.6) is 0 Å². The molecular weight excluding hydrogens is 249 g/mol. The first kappa shape index (κ1) is 14.0. The molecule has 1 rings (SSSR count). The number of benzene rings is 1. The Morgan fingerprint density at radius 3 is 2.22 bits per heavy atom. The van der Waals surface area contributed by atoms with Crippen molar-refractivity contribution in [1.29, 1.82) is 0 Å². The van der Waals surface area contributed by atoms with Crippen LogP contribution in [0.4, 0.5) is 13.2 Å². The van der Waals surface area contributed by atoms with E-state index in [0.717, 1.165) is 0 Å². The normalized spacial score (nSPS) is 11.4. The van der Waals surface area contributed by atoms with Gasteiger partial charge < -0.3 is 5.11 Å². The largest absolute Gasteiger partial charge is 0.478 e. The van der Waals surface area contributed by atoms with Gasteiger partial charge in [0.25, 0.3) is 0 Å². The molecule has 96 valence electrons. The Bertz CT molecular complexity index is 536. The number of hydrogen-bond donors (Lipinski definition) is 1. The fourth-order valence-corrected chi connectivity index (χ4v) is 1.26. The van der Waals surface area contributed by atoms with E-state index in [1.54, 1.807) is 0 Å². The predicted octanol–water partition coefficient (Wildman–Crippen LogP) is 2.55. The lowest BCUT2D eigenvalue weighted by atomic mass is 10.0. The molecule has 0 heterocycles. The highest BCUT2D eigenvalue weighted by Gasteiger charge is 2.17. The Morgan fingerprint density at radius 1 is 1.17 bits per heavy atom. The molecule has 1 N–H and O–H groups in total. The Kier molecular flexibility index (Phi) is 4.25. The third-order valence-electron chi connectivity index (χ3n) is 2.19. The molecular formula is C12H9F3O3. The van der Waals surface area contributed by atoms with E-state index in [1.807, 2.05) is 0 Å². The summed E-state index contributed by atoms with van der Waals surface area (Å²) >= 11 is 0. The van der Waals surface area contributed by atoms with Crippen LogP contribution < -0.4 is 0 Å². The summed E-state index contributed by atoms with van der Waals surface area (Å²) in [7, 11) is 0. The molecule has 0 radical (unpaired) electrons. The Balaban J connectivity index is 3.33. The Labute approximate surface area is 101 Å². The summed E-state index contributed by atoms with van der Waals surface area (Å²) in [5, 5.41) is 8.77. The average molecular weight is 258 g/mol. The fraction of sp³-hybridized carbons (Fsp3) is 0.167. The standard InChI is InChI=1S/C12H9F3O3/c1-2-11(16)7(12(17)18)3-6-4-9(14)10(15)5-8(6)13/h3-5H,2H2,1H3,(H,17,18). The minimum atomic E-state index is -1.55. The van der Waals surface area contributed by atoms with Gasteiger partial charge in [0.05, 0.1) is 0 Å². The fourth-order valence-electron chi connectivity index (χ4n) is 1.26. The maximum Gasteiger partial charge on any atom is 0.339 e. The quantitative estimate of drug-likeness (QED) is 0.391. The van der Waals surface area contributed by atoms with Crippen molar-refractivity contribution in [2.75, 3.05) is 0 Å². The number of rotatable bonds is 4. The number of aliphatic carboxylic acids is 1. The second-order valence-electron chi connectivity index (χ2n) is 3.43. The SMILES string of the molecule is CCC(=O)C(=Cc1cc(F)c(F)cc1F)C(=O)O. The van der Waals surface area contributed by atoms with Crippen molar-refractivity contribution in [3.8, 4) is 0 Å².